The first-order chi connectivity index (χ1) is 19.8. The molecule has 4 heterocycles. The van der Waals surface area contributed by atoms with Gasteiger partial charge in [-0.25, -0.2) is 4.79 Å². The van der Waals surface area contributed by atoms with E-state index in [1.165, 1.54) is 25.6 Å². The van der Waals surface area contributed by atoms with Gasteiger partial charge in [-0.15, -0.1) is 21.1 Å². The molecule has 2 atom stereocenters. The molecule has 1 saturated heterocycles. The molecule has 0 aromatic carbocycles. The molecule has 4 rings (SSSR count). The van der Waals surface area contributed by atoms with Gasteiger partial charge in [-0.1, -0.05) is 5.16 Å². The molecule has 0 radical (unpaired) electrons. The van der Waals surface area contributed by atoms with Crippen LogP contribution in [0.1, 0.15) is 19.7 Å². The molecule has 2 amide bonds. The molecule has 2 aromatic heterocycles. The molecular formula is C22H29N11O7S2. The number of carboxylic acids is 2. The number of β-lactam (4-membered cyclic amide) rings is 1. The van der Waals surface area contributed by atoms with Crippen molar-refractivity contribution in [1.29, 1.82) is 0 Å². The van der Waals surface area contributed by atoms with Gasteiger partial charge in [0.1, 0.15) is 17.1 Å². The van der Waals surface area contributed by atoms with Gasteiger partial charge in [0.2, 0.25) is 23.3 Å². The SMILES string of the molecule is Cn1c(N)c(NCCN)c[n+]1CC1=C(C(=O)[O-])N2C(=O)[C@@H](NC(=O)/C(=N\OC(C)(C)C(=O)O)c3nsc(N)n3)[C@H]2SC1. The molecule has 0 saturated carbocycles. The summed E-state index contributed by atoms with van der Waals surface area (Å²) < 4.78 is 7.23. The molecule has 42 heavy (non-hydrogen) atoms. The van der Waals surface area contributed by atoms with Crippen LogP contribution in [0.3, 0.4) is 0 Å². The second-order valence-electron chi connectivity index (χ2n) is 9.67. The highest BCUT2D eigenvalue weighted by atomic mass is 32.2. The Kier molecular flexibility index (Phi) is 8.59. The number of nitrogens with two attached hydrogens (primary N) is 3. The maximum Gasteiger partial charge on any atom is 0.350 e. The highest BCUT2D eigenvalue weighted by Crippen LogP contribution is 2.40. The van der Waals surface area contributed by atoms with E-state index in [9.17, 15) is 29.4 Å². The van der Waals surface area contributed by atoms with E-state index in [1.54, 1.807) is 22.6 Å². The van der Waals surface area contributed by atoms with E-state index in [4.69, 9.17) is 22.0 Å². The van der Waals surface area contributed by atoms with Crippen molar-refractivity contribution in [2.45, 2.75) is 37.4 Å². The van der Waals surface area contributed by atoms with Crippen LogP contribution < -0.4 is 37.6 Å². The van der Waals surface area contributed by atoms with Crippen molar-refractivity contribution in [3.05, 3.63) is 23.3 Å². The van der Waals surface area contributed by atoms with Crippen LogP contribution in [0.25, 0.3) is 0 Å². The number of aromatic nitrogens is 4. The zero-order chi connectivity index (χ0) is 30.9. The number of carboxylic acid groups (broad SMARTS) is 2. The largest absolute Gasteiger partial charge is 0.543 e. The van der Waals surface area contributed by atoms with Crippen LogP contribution >= 0.6 is 23.3 Å². The van der Waals surface area contributed by atoms with Crippen LogP contribution in [0.15, 0.2) is 22.6 Å². The predicted octanol–water partition coefficient (Wildman–Crippen LogP) is -3.61. The number of anilines is 3. The van der Waals surface area contributed by atoms with E-state index >= 15 is 0 Å². The fourth-order valence-electron chi connectivity index (χ4n) is 4.02. The van der Waals surface area contributed by atoms with Crippen molar-refractivity contribution >= 4 is 69.4 Å². The van der Waals surface area contributed by atoms with Crippen LogP contribution in [0.2, 0.25) is 0 Å². The number of aliphatic carboxylic acids is 2. The quantitative estimate of drug-likeness (QED) is 0.0577. The van der Waals surface area contributed by atoms with Crippen LogP contribution in [0.5, 0.6) is 0 Å². The number of carbonyl (C=O) groups is 4. The second-order valence-corrected chi connectivity index (χ2v) is 11.6. The van der Waals surface area contributed by atoms with Crippen LogP contribution in [0.4, 0.5) is 16.6 Å². The number of carbonyl (C=O) groups excluding carboxylic acids is 3. The fraction of sp³-hybridized carbons (Fsp3) is 0.455. The Morgan fingerprint density at radius 2 is 2.07 bits per heavy atom. The second kappa shape index (κ2) is 11.8. The van der Waals surface area contributed by atoms with E-state index < -0.39 is 46.5 Å². The van der Waals surface area contributed by atoms with Crippen LogP contribution in [0, 0.1) is 0 Å². The third kappa shape index (κ3) is 5.81. The summed E-state index contributed by atoms with van der Waals surface area (Å²) in [5.74, 6) is -4.18. The van der Waals surface area contributed by atoms with Crippen LogP contribution in [-0.4, -0.2) is 89.4 Å². The molecule has 0 spiro atoms. The van der Waals surface area contributed by atoms with Gasteiger partial charge in [-0.3, -0.25) is 14.5 Å². The van der Waals surface area contributed by atoms with Crippen molar-refractivity contribution in [3.8, 4) is 0 Å². The number of amides is 2. The summed E-state index contributed by atoms with van der Waals surface area (Å²) in [6.45, 7) is 3.40. The van der Waals surface area contributed by atoms with E-state index in [2.05, 4.69) is 25.1 Å². The first-order valence-electron chi connectivity index (χ1n) is 12.3. The Hall–Kier alpha value is -4.43. The molecule has 2 aromatic rings. The van der Waals surface area contributed by atoms with Crippen molar-refractivity contribution in [2.24, 2.45) is 17.9 Å². The van der Waals surface area contributed by atoms with Crippen molar-refractivity contribution < 1.29 is 38.9 Å². The summed E-state index contributed by atoms with van der Waals surface area (Å²) in [5.41, 5.74) is 15.7. The first kappa shape index (κ1) is 30.5. The maximum atomic E-state index is 13.2. The molecule has 2 aliphatic rings. The molecule has 18 nitrogen and oxygen atoms in total. The Balaban J connectivity index is 1.55. The third-order valence-electron chi connectivity index (χ3n) is 6.38. The summed E-state index contributed by atoms with van der Waals surface area (Å²) in [4.78, 5) is 60.0. The number of oxime groups is 1. The molecule has 0 unspecified atom stereocenters. The maximum absolute atomic E-state index is 13.2. The Morgan fingerprint density at radius 3 is 2.67 bits per heavy atom. The molecule has 1 fully saturated rings. The Labute approximate surface area is 246 Å². The number of thioether (sulfide) groups is 1. The topological polar surface area (TPSA) is 273 Å². The van der Waals surface area contributed by atoms with Gasteiger partial charge in [0, 0.05) is 35.9 Å². The predicted molar refractivity (Wildman–Crippen MR) is 148 cm³/mol. The van der Waals surface area contributed by atoms with Gasteiger partial charge in [0.15, 0.2) is 17.5 Å². The van der Waals surface area contributed by atoms with Gasteiger partial charge in [0.25, 0.3) is 11.8 Å². The number of hydrogen-bond donors (Lipinski definition) is 6. The van der Waals surface area contributed by atoms with E-state index in [0.717, 1.165) is 16.4 Å². The summed E-state index contributed by atoms with van der Waals surface area (Å²) >= 11 is 2.00. The smallest absolute Gasteiger partial charge is 0.350 e. The lowest BCUT2D eigenvalue weighted by Crippen LogP contribution is -2.71. The molecule has 0 aliphatic carbocycles. The lowest BCUT2D eigenvalue weighted by Gasteiger charge is -2.50. The highest BCUT2D eigenvalue weighted by molar-refractivity contribution is 8.00. The van der Waals surface area contributed by atoms with Gasteiger partial charge in [0.05, 0.1) is 18.7 Å². The lowest BCUT2D eigenvalue weighted by atomic mass is 10.0. The van der Waals surface area contributed by atoms with Gasteiger partial charge < -0.3 is 47.7 Å². The summed E-state index contributed by atoms with van der Waals surface area (Å²) in [6.07, 6.45) is 1.70. The van der Waals surface area contributed by atoms with Gasteiger partial charge >= 0.3 is 5.97 Å². The number of nitrogen functional groups attached to an aromatic ring is 2. The molecule has 2 aliphatic heterocycles. The number of hydrogen-bond acceptors (Lipinski definition) is 15. The molecular weight excluding hydrogens is 594 g/mol. The number of nitrogens with one attached hydrogen (secondary N) is 2. The van der Waals surface area contributed by atoms with Crippen LogP contribution in [-0.2, 0) is 37.6 Å². The fourth-order valence-corrected chi connectivity index (χ4v) is 5.79. The standard InChI is InChI=1S/C22H29N11O7S2/c1-22(2,20(38)39)40-29-11(15-28-21(25)42-30-15)16(34)27-12-17(35)33-13(19(36)37)9(8-41-18(12)33)6-32-7-10(26-5-4-23)14(24)31(32)3/h7,12,18,24,26H,4-6,8,23H2,1-3H3,(H5,25,27,28,30,34,36,37,38,39)/b29-11-/t12-,18-/m1/s1. The lowest BCUT2D eigenvalue weighted by molar-refractivity contribution is -0.765. The van der Waals surface area contributed by atoms with Crippen molar-refractivity contribution in [1.82, 2.24) is 24.3 Å². The Morgan fingerprint density at radius 1 is 1.36 bits per heavy atom. The highest BCUT2D eigenvalue weighted by Gasteiger charge is 2.53. The normalized spacial score (nSPS) is 18.8. The van der Waals surface area contributed by atoms with Crippen molar-refractivity contribution in [3.63, 3.8) is 0 Å². The van der Waals surface area contributed by atoms with E-state index in [0.29, 0.717) is 30.2 Å². The van der Waals surface area contributed by atoms with E-state index in [1.807, 2.05) is 0 Å². The summed E-state index contributed by atoms with van der Waals surface area (Å²) in [6, 6.07) is -1.14. The minimum Gasteiger partial charge on any atom is -0.543 e. The van der Waals surface area contributed by atoms with Crippen molar-refractivity contribution in [2.75, 3.05) is 35.6 Å². The number of fused-ring (bicyclic) bond motifs is 1. The first-order valence-corrected chi connectivity index (χ1v) is 14.2. The zero-order valence-corrected chi connectivity index (χ0v) is 24.3. The monoisotopic (exact) mass is 623 g/mol. The number of nitrogens with zero attached hydrogens (tertiary/aromatic N) is 6. The van der Waals surface area contributed by atoms with E-state index in [-0.39, 0.29) is 29.0 Å². The van der Waals surface area contributed by atoms with Gasteiger partial charge in [-0.2, -0.15) is 9.36 Å². The third-order valence-corrected chi connectivity index (χ3v) is 8.26. The molecule has 9 N–H and O–H groups in total. The molecule has 20 heteroatoms. The summed E-state index contributed by atoms with van der Waals surface area (Å²) in [5, 5.41) is 30.0. The minimum absolute atomic E-state index is 0.00752. The average molecular weight is 624 g/mol. The number of rotatable bonds is 12. The van der Waals surface area contributed by atoms with Gasteiger partial charge in [-0.05, 0) is 13.8 Å². The zero-order valence-electron chi connectivity index (χ0n) is 22.7. The Bertz CT molecular complexity index is 1500. The summed E-state index contributed by atoms with van der Waals surface area (Å²) in [7, 11) is 1.70. The minimum atomic E-state index is -1.80. The molecule has 0 bridgehead atoms. The molecule has 226 valence electrons. The average Bonchev–Trinajstić information content (AvgIpc) is 3.47.